The summed E-state index contributed by atoms with van der Waals surface area (Å²) in [6, 6.07) is 0. The summed E-state index contributed by atoms with van der Waals surface area (Å²) < 4.78 is 23.5. The first-order valence-electron chi connectivity index (χ1n) is 14.0. The van der Waals surface area contributed by atoms with Crippen LogP contribution in [0.4, 0.5) is 0 Å². The normalized spacial score (nSPS) is 42.9. The minimum Gasteiger partial charge on any atom is -0.466 e. The van der Waals surface area contributed by atoms with Gasteiger partial charge in [0.25, 0.3) is 0 Å². The molecule has 0 aromatic carbocycles. The predicted octanol–water partition coefficient (Wildman–Crippen LogP) is 3.32. The number of nitrogens with zero attached hydrogens (tertiary/aromatic N) is 1. The van der Waals surface area contributed by atoms with Gasteiger partial charge in [-0.1, -0.05) is 13.8 Å². The van der Waals surface area contributed by atoms with Gasteiger partial charge < -0.3 is 23.8 Å². The molecule has 0 unspecified atom stereocenters. The number of rotatable bonds is 6. The van der Waals surface area contributed by atoms with Crippen molar-refractivity contribution in [2.24, 2.45) is 29.6 Å². The molecule has 10 heteroatoms. The van der Waals surface area contributed by atoms with E-state index in [0.29, 0.717) is 38.5 Å². The smallest absolute Gasteiger partial charge is 0.310 e. The second-order valence-corrected chi connectivity index (χ2v) is 11.7. The number of hydrogen-bond acceptors (Lipinski definition) is 9. The molecule has 6 rings (SSSR count). The summed E-state index contributed by atoms with van der Waals surface area (Å²) >= 11 is 0. The lowest BCUT2D eigenvalue weighted by Crippen LogP contribution is -2.70. The molecule has 0 aromatic rings. The van der Waals surface area contributed by atoms with Gasteiger partial charge >= 0.3 is 11.9 Å². The van der Waals surface area contributed by atoms with Crippen LogP contribution in [0.25, 0.3) is 0 Å². The van der Waals surface area contributed by atoms with Gasteiger partial charge in [-0.05, 0) is 57.8 Å². The average molecular weight is 524 g/mol. The Morgan fingerprint density at radius 1 is 1.03 bits per heavy atom. The minimum absolute atomic E-state index is 0.0252. The van der Waals surface area contributed by atoms with E-state index in [2.05, 4.69) is 6.92 Å². The zero-order valence-electron chi connectivity index (χ0n) is 22.4. The van der Waals surface area contributed by atoms with Crippen molar-refractivity contribution in [1.82, 2.24) is 4.90 Å². The number of fused-ring (bicyclic) bond motifs is 2. The van der Waals surface area contributed by atoms with Crippen molar-refractivity contribution < 1.29 is 43.1 Å². The quantitative estimate of drug-likeness (QED) is 0.382. The zero-order valence-corrected chi connectivity index (χ0v) is 22.4. The fourth-order valence-electron chi connectivity index (χ4n) is 7.22. The molecular formula is C27H41NO9. The summed E-state index contributed by atoms with van der Waals surface area (Å²) in [5.41, 5.74) is -0.713. The third kappa shape index (κ3) is 4.90. The van der Waals surface area contributed by atoms with Crippen molar-refractivity contribution in [3.63, 3.8) is 0 Å². The fourth-order valence-corrected chi connectivity index (χ4v) is 7.22. The summed E-state index contributed by atoms with van der Waals surface area (Å²) in [4.78, 5) is 51.3. The number of carbonyl (C=O) groups excluding carboxylic acids is 3. The number of carbonyl (C=O) groups is 3. The molecule has 1 aliphatic carbocycles. The molecular weight excluding hydrogens is 482 g/mol. The Morgan fingerprint density at radius 2 is 1.84 bits per heavy atom. The van der Waals surface area contributed by atoms with E-state index in [9.17, 15) is 14.4 Å². The van der Waals surface area contributed by atoms with Crippen LogP contribution in [-0.2, 0) is 43.1 Å². The predicted molar refractivity (Wildman–Crippen MR) is 128 cm³/mol. The molecule has 5 heterocycles. The third-order valence-electron chi connectivity index (χ3n) is 9.28. The Labute approximate surface area is 218 Å². The highest BCUT2D eigenvalue weighted by Crippen LogP contribution is 2.60. The molecule has 2 bridgehead atoms. The average Bonchev–Trinajstić information content (AvgIpc) is 3.11. The number of hydrogen-bond donors (Lipinski definition) is 0. The SMILES string of the molecule is CCOC(=O)[C@H]1CCCN(C(=O)CCC(=O)O[C@@H]2O[C@@H]3O[C@]4(C)CC[C@@H]5[C@H](C)CC[C@@H]([C@H]2C)[C@@]35OO4)C1. The van der Waals surface area contributed by atoms with Gasteiger partial charge in [0, 0.05) is 37.8 Å². The Hall–Kier alpha value is -1.75. The summed E-state index contributed by atoms with van der Waals surface area (Å²) in [7, 11) is 0. The van der Waals surface area contributed by atoms with E-state index in [0.717, 1.165) is 25.7 Å². The lowest BCUT2D eigenvalue weighted by Gasteiger charge is -2.59. The summed E-state index contributed by atoms with van der Waals surface area (Å²) in [5, 5.41) is 0. The topological polar surface area (TPSA) is 110 Å². The van der Waals surface area contributed by atoms with E-state index in [1.807, 2.05) is 13.8 Å². The van der Waals surface area contributed by atoms with Crippen LogP contribution in [-0.4, -0.2) is 66.4 Å². The highest BCUT2D eigenvalue weighted by molar-refractivity contribution is 5.82. The molecule has 37 heavy (non-hydrogen) atoms. The van der Waals surface area contributed by atoms with Gasteiger partial charge in [0.05, 0.1) is 18.9 Å². The third-order valence-corrected chi connectivity index (χ3v) is 9.28. The largest absolute Gasteiger partial charge is 0.466 e. The van der Waals surface area contributed by atoms with E-state index in [4.69, 9.17) is 28.7 Å². The molecule has 1 saturated carbocycles. The first kappa shape index (κ1) is 26.8. The Kier molecular flexibility index (Phi) is 7.57. The van der Waals surface area contributed by atoms with E-state index in [-0.39, 0.29) is 48.4 Å². The van der Waals surface area contributed by atoms with Crippen LogP contribution in [0.5, 0.6) is 0 Å². The molecule has 208 valence electrons. The van der Waals surface area contributed by atoms with Gasteiger partial charge in [0.1, 0.15) is 0 Å². The van der Waals surface area contributed by atoms with E-state index in [1.165, 1.54) is 0 Å². The lowest BCUT2D eigenvalue weighted by atomic mass is 9.58. The highest BCUT2D eigenvalue weighted by atomic mass is 17.3. The van der Waals surface area contributed by atoms with E-state index in [1.54, 1.807) is 11.8 Å². The first-order valence-corrected chi connectivity index (χ1v) is 14.0. The number of amides is 1. The van der Waals surface area contributed by atoms with Crippen LogP contribution in [0.15, 0.2) is 0 Å². The minimum atomic E-state index is -0.894. The second kappa shape index (κ2) is 10.4. The van der Waals surface area contributed by atoms with Crippen molar-refractivity contribution in [2.75, 3.05) is 19.7 Å². The fraction of sp³-hybridized carbons (Fsp3) is 0.889. The van der Waals surface area contributed by atoms with Crippen molar-refractivity contribution in [3.05, 3.63) is 0 Å². The van der Waals surface area contributed by atoms with Crippen LogP contribution >= 0.6 is 0 Å². The molecule has 0 radical (unpaired) electrons. The standard InChI is InChI=1S/C27H41NO9/c1-5-32-23(31)18-7-6-14-28(15-18)21(29)10-11-22(30)33-24-17(3)20-9-8-16(2)19-12-13-26(4)35-25(34-24)27(19,20)37-36-26/h16-20,24-25H,5-15H2,1-4H3/t16-,17-,18+,19-,20+,24-,25-,26+,27-/m1/s1. The monoisotopic (exact) mass is 523 g/mol. The molecule has 6 aliphatic rings. The Morgan fingerprint density at radius 3 is 2.62 bits per heavy atom. The number of likely N-dealkylation sites (tertiary alicyclic amines) is 1. The Bertz CT molecular complexity index is 897. The van der Waals surface area contributed by atoms with Gasteiger partial charge in [-0.15, -0.1) is 0 Å². The first-order chi connectivity index (χ1) is 17.7. The van der Waals surface area contributed by atoms with Gasteiger partial charge in [-0.2, -0.15) is 0 Å². The summed E-state index contributed by atoms with van der Waals surface area (Å²) in [6.07, 6.45) is 3.57. The number of ether oxygens (including phenoxy) is 4. The Balaban J connectivity index is 1.19. The number of esters is 2. The molecule has 10 nitrogen and oxygen atoms in total. The molecule has 0 N–H and O–H groups in total. The van der Waals surface area contributed by atoms with Crippen LogP contribution in [0.1, 0.15) is 79.1 Å². The van der Waals surface area contributed by atoms with Gasteiger partial charge in [-0.3, -0.25) is 14.4 Å². The maximum absolute atomic E-state index is 12.8. The van der Waals surface area contributed by atoms with Crippen LogP contribution < -0.4 is 0 Å². The molecule has 9 atom stereocenters. The molecule has 0 aromatic heterocycles. The molecule has 5 aliphatic heterocycles. The molecule has 1 amide bonds. The van der Waals surface area contributed by atoms with E-state index >= 15 is 0 Å². The van der Waals surface area contributed by atoms with Gasteiger partial charge in [0.2, 0.25) is 18.0 Å². The highest BCUT2D eigenvalue weighted by Gasteiger charge is 2.69. The van der Waals surface area contributed by atoms with Crippen molar-refractivity contribution >= 4 is 17.8 Å². The lowest BCUT2D eigenvalue weighted by molar-refractivity contribution is -0.576. The maximum Gasteiger partial charge on any atom is 0.310 e. The van der Waals surface area contributed by atoms with Crippen LogP contribution in [0, 0.1) is 29.6 Å². The van der Waals surface area contributed by atoms with Gasteiger partial charge in [0.15, 0.2) is 11.9 Å². The number of piperidine rings is 1. The maximum atomic E-state index is 12.8. The summed E-state index contributed by atoms with van der Waals surface area (Å²) in [5.74, 6) is -1.48. The van der Waals surface area contributed by atoms with Crippen LogP contribution in [0.2, 0.25) is 0 Å². The molecule has 5 saturated heterocycles. The van der Waals surface area contributed by atoms with Crippen molar-refractivity contribution in [1.29, 1.82) is 0 Å². The van der Waals surface area contributed by atoms with E-state index < -0.39 is 29.9 Å². The van der Waals surface area contributed by atoms with Crippen molar-refractivity contribution in [2.45, 2.75) is 103 Å². The zero-order chi connectivity index (χ0) is 26.4. The van der Waals surface area contributed by atoms with Crippen LogP contribution in [0.3, 0.4) is 0 Å². The molecule has 6 fully saturated rings. The molecule has 1 spiro atoms. The van der Waals surface area contributed by atoms with Crippen molar-refractivity contribution in [3.8, 4) is 0 Å². The van der Waals surface area contributed by atoms with Gasteiger partial charge in [-0.25, -0.2) is 9.78 Å². The second-order valence-electron chi connectivity index (χ2n) is 11.7. The summed E-state index contributed by atoms with van der Waals surface area (Å²) in [6.45, 7) is 9.14.